The smallest absolute Gasteiger partial charge is 0.362 e. The Morgan fingerprint density at radius 1 is 1.24 bits per heavy atom. The number of nitrogens with one attached hydrogen (secondary N) is 1. The van der Waals surface area contributed by atoms with E-state index in [1.807, 2.05) is 27.7 Å². The molecule has 0 amide bonds. The fourth-order valence-electron chi connectivity index (χ4n) is 2.00. The lowest BCUT2D eigenvalue weighted by Gasteiger charge is -2.29. The predicted octanol–water partition coefficient (Wildman–Crippen LogP) is 3.75. The van der Waals surface area contributed by atoms with E-state index in [9.17, 15) is 13.2 Å². The van der Waals surface area contributed by atoms with E-state index >= 15 is 0 Å². The molecule has 6 heteroatoms. The van der Waals surface area contributed by atoms with Crippen molar-refractivity contribution in [3.05, 3.63) is 24.0 Å². The lowest BCUT2D eigenvalue weighted by Crippen LogP contribution is -2.38. The van der Waals surface area contributed by atoms with Gasteiger partial charge in [-0.1, -0.05) is 6.92 Å². The number of pyridine rings is 1. The molecule has 1 aromatic rings. The zero-order valence-electron chi connectivity index (χ0n) is 13.1. The molecule has 0 saturated heterocycles. The lowest BCUT2D eigenvalue weighted by atomic mass is 10.1. The predicted molar refractivity (Wildman–Crippen MR) is 79.4 cm³/mol. The molecule has 0 radical (unpaired) electrons. The fourth-order valence-corrected chi connectivity index (χ4v) is 2.00. The van der Waals surface area contributed by atoms with Crippen molar-refractivity contribution in [1.29, 1.82) is 0 Å². The molecule has 1 heterocycles. The molecule has 0 aliphatic heterocycles. The highest BCUT2D eigenvalue weighted by molar-refractivity contribution is 5.52. The topological polar surface area (TPSA) is 28.2 Å². The molecule has 3 nitrogen and oxygen atoms in total. The first kappa shape index (κ1) is 17.8. The monoisotopic (exact) mass is 303 g/mol. The third-order valence-corrected chi connectivity index (χ3v) is 2.89. The van der Waals surface area contributed by atoms with E-state index in [1.54, 1.807) is 12.3 Å². The van der Waals surface area contributed by atoms with Crippen LogP contribution in [0.1, 0.15) is 39.7 Å². The summed E-state index contributed by atoms with van der Waals surface area (Å²) < 4.78 is 38.2. The Balaban J connectivity index is 2.96. The maximum Gasteiger partial charge on any atom is 0.405 e. The zero-order valence-corrected chi connectivity index (χ0v) is 13.1. The van der Waals surface area contributed by atoms with Crippen LogP contribution in [0.15, 0.2) is 18.5 Å². The van der Waals surface area contributed by atoms with Crippen molar-refractivity contribution in [2.24, 2.45) is 0 Å². The molecule has 1 aromatic heterocycles. The summed E-state index contributed by atoms with van der Waals surface area (Å²) in [6.07, 6.45) is -0.389. The Morgan fingerprint density at radius 2 is 1.90 bits per heavy atom. The highest BCUT2D eigenvalue weighted by Crippen LogP contribution is 2.25. The van der Waals surface area contributed by atoms with E-state index in [1.165, 1.54) is 11.1 Å². The molecule has 0 spiro atoms. The van der Waals surface area contributed by atoms with Crippen LogP contribution in [-0.2, 0) is 6.54 Å². The summed E-state index contributed by atoms with van der Waals surface area (Å²) in [4.78, 5) is 5.41. The molecule has 1 rings (SSSR count). The third-order valence-electron chi connectivity index (χ3n) is 2.89. The van der Waals surface area contributed by atoms with E-state index in [-0.39, 0.29) is 5.54 Å². The second-order valence-electron chi connectivity index (χ2n) is 6.14. The van der Waals surface area contributed by atoms with Gasteiger partial charge in [0.15, 0.2) is 0 Å². The van der Waals surface area contributed by atoms with Crippen molar-refractivity contribution in [1.82, 2.24) is 10.3 Å². The molecule has 0 fully saturated rings. The first-order valence-electron chi connectivity index (χ1n) is 7.12. The molecule has 0 bridgehead atoms. The molecule has 0 unspecified atom stereocenters. The first-order chi connectivity index (χ1) is 9.62. The average molecular weight is 303 g/mol. The van der Waals surface area contributed by atoms with Crippen molar-refractivity contribution in [3.8, 4) is 0 Å². The van der Waals surface area contributed by atoms with E-state index in [2.05, 4.69) is 10.3 Å². The highest BCUT2D eigenvalue weighted by Gasteiger charge is 2.31. The largest absolute Gasteiger partial charge is 0.405 e. The summed E-state index contributed by atoms with van der Waals surface area (Å²) in [5.74, 6) is 0. The summed E-state index contributed by atoms with van der Waals surface area (Å²) in [6, 6.07) is 1.65. The van der Waals surface area contributed by atoms with Crippen molar-refractivity contribution in [2.75, 3.05) is 18.0 Å². The maximum atomic E-state index is 12.7. The van der Waals surface area contributed by atoms with Gasteiger partial charge in [-0.2, -0.15) is 13.2 Å². The molecule has 0 atom stereocenters. The number of aromatic nitrogens is 1. The van der Waals surface area contributed by atoms with Crippen LogP contribution in [0.2, 0.25) is 0 Å². The SMILES string of the molecule is CCCN(CC(F)(F)F)c1ccncc1CNC(C)(C)C. The van der Waals surface area contributed by atoms with Crippen LogP contribution in [0, 0.1) is 0 Å². The van der Waals surface area contributed by atoms with Crippen LogP contribution in [0.3, 0.4) is 0 Å². The second-order valence-corrected chi connectivity index (χ2v) is 6.14. The summed E-state index contributed by atoms with van der Waals surface area (Å²) in [5.41, 5.74) is 1.28. The minimum Gasteiger partial charge on any atom is -0.362 e. The first-order valence-corrected chi connectivity index (χ1v) is 7.12. The normalized spacial score (nSPS) is 12.5. The molecule has 21 heavy (non-hydrogen) atoms. The quantitative estimate of drug-likeness (QED) is 0.867. The molecule has 0 aliphatic carbocycles. The Labute approximate surface area is 124 Å². The Hall–Kier alpha value is -1.30. The molecule has 0 aromatic carbocycles. The van der Waals surface area contributed by atoms with E-state index in [0.717, 1.165) is 5.56 Å². The van der Waals surface area contributed by atoms with Crippen LogP contribution in [0.4, 0.5) is 18.9 Å². The molecular formula is C15H24F3N3. The van der Waals surface area contributed by atoms with E-state index in [0.29, 0.717) is 25.2 Å². The Kier molecular flexibility index (Phi) is 6.01. The summed E-state index contributed by atoms with van der Waals surface area (Å²) in [7, 11) is 0. The molecule has 1 N–H and O–H groups in total. The minimum atomic E-state index is -4.22. The van der Waals surface area contributed by atoms with Crippen LogP contribution in [0.25, 0.3) is 0 Å². The number of alkyl halides is 3. The van der Waals surface area contributed by atoms with Crippen molar-refractivity contribution in [2.45, 2.75) is 52.4 Å². The van der Waals surface area contributed by atoms with Crippen LogP contribution in [-0.4, -0.2) is 29.8 Å². The van der Waals surface area contributed by atoms with E-state index in [4.69, 9.17) is 0 Å². The fraction of sp³-hybridized carbons (Fsp3) is 0.667. The van der Waals surface area contributed by atoms with E-state index < -0.39 is 12.7 Å². The van der Waals surface area contributed by atoms with Gasteiger partial charge in [0.1, 0.15) is 6.54 Å². The summed E-state index contributed by atoms with van der Waals surface area (Å²) >= 11 is 0. The molecule has 0 aliphatic rings. The van der Waals surface area contributed by atoms with Crippen molar-refractivity contribution < 1.29 is 13.2 Å². The number of hydrogen-bond donors (Lipinski definition) is 1. The molecule has 120 valence electrons. The minimum absolute atomic E-state index is 0.104. The van der Waals surface area contributed by atoms with Crippen LogP contribution < -0.4 is 10.2 Å². The van der Waals surface area contributed by atoms with Crippen molar-refractivity contribution >= 4 is 5.69 Å². The van der Waals surface area contributed by atoms with Gasteiger partial charge in [0.2, 0.25) is 0 Å². The molecule has 0 saturated carbocycles. The number of rotatable bonds is 6. The maximum absolute atomic E-state index is 12.7. The number of hydrogen-bond acceptors (Lipinski definition) is 3. The summed E-state index contributed by atoms with van der Waals surface area (Å²) in [6.45, 7) is 7.84. The van der Waals surface area contributed by atoms with Gasteiger partial charge in [0.05, 0.1) is 0 Å². The number of anilines is 1. The van der Waals surface area contributed by atoms with Gasteiger partial charge in [-0.05, 0) is 33.3 Å². The van der Waals surface area contributed by atoms with Gasteiger partial charge in [-0.3, -0.25) is 4.98 Å². The summed E-state index contributed by atoms with van der Waals surface area (Å²) in [5, 5.41) is 3.29. The van der Waals surface area contributed by atoms with Gasteiger partial charge in [-0.25, -0.2) is 0 Å². The zero-order chi connectivity index (χ0) is 16.1. The van der Waals surface area contributed by atoms with Gasteiger partial charge < -0.3 is 10.2 Å². The lowest BCUT2D eigenvalue weighted by molar-refractivity contribution is -0.119. The Bertz CT molecular complexity index is 439. The van der Waals surface area contributed by atoms with Crippen LogP contribution >= 0.6 is 0 Å². The average Bonchev–Trinajstić information content (AvgIpc) is 2.34. The second kappa shape index (κ2) is 7.11. The van der Waals surface area contributed by atoms with Crippen molar-refractivity contribution in [3.63, 3.8) is 0 Å². The Morgan fingerprint density at radius 3 is 2.43 bits per heavy atom. The van der Waals surface area contributed by atoms with Gasteiger partial charge in [0, 0.05) is 42.3 Å². The third kappa shape index (κ3) is 6.80. The van der Waals surface area contributed by atoms with Gasteiger partial charge in [-0.15, -0.1) is 0 Å². The van der Waals surface area contributed by atoms with Crippen LogP contribution in [0.5, 0.6) is 0 Å². The van der Waals surface area contributed by atoms with Gasteiger partial charge in [0.25, 0.3) is 0 Å². The van der Waals surface area contributed by atoms with Gasteiger partial charge >= 0.3 is 6.18 Å². The molecular weight excluding hydrogens is 279 g/mol. The highest BCUT2D eigenvalue weighted by atomic mass is 19.4. The number of halogens is 3. The number of nitrogens with zero attached hydrogens (tertiary/aromatic N) is 2. The standard InChI is InChI=1S/C15H24F3N3/c1-5-8-21(11-15(16,17)18)13-6-7-19-9-12(13)10-20-14(2,3)4/h6-7,9,20H,5,8,10-11H2,1-4H3.